The lowest BCUT2D eigenvalue weighted by Crippen LogP contribution is -2.34. The molecule has 0 unspecified atom stereocenters. The van der Waals surface area contributed by atoms with Gasteiger partial charge in [0.2, 0.25) is 0 Å². The lowest BCUT2D eigenvalue weighted by molar-refractivity contribution is -0.136. The molecule has 1 aromatic heterocycles. The van der Waals surface area contributed by atoms with Crippen LogP contribution in [0.25, 0.3) is 0 Å². The summed E-state index contributed by atoms with van der Waals surface area (Å²) in [6.07, 6.45) is 3.15. The Morgan fingerprint density at radius 1 is 0.962 bits per heavy atom. The summed E-state index contributed by atoms with van der Waals surface area (Å²) < 4.78 is 1.73. The lowest BCUT2D eigenvalue weighted by Gasteiger charge is -2.08. The zero-order valence-corrected chi connectivity index (χ0v) is 14.3. The van der Waals surface area contributed by atoms with Crippen LogP contribution in [0.3, 0.4) is 0 Å². The van der Waals surface area contributed by atoms with Crippen LogP contribution in [0.2, 0.25) is 0 Å². The quantitative estimate of drug-likeness (QED) is 0.689. The Balaban J connectivity index is 1.49. The van der Waals surface area contributed by atoms with Crippen LogP contribution in [0, 0.1) is 6.92 Å². The summed E-state index contributed by atoms with van der Waals surface area (Å²) in [6, 6.07) is 15.0. The number of aryl methyl sites for hydroxylation is 1. The van der Waals surface area contributed by atoms with Gasteiger partial charge in [-0.25, -0.2) is 9.67 Å². The van der Waals surface area contributed by atoms with E-state index in [0.717, 1.165) is 16.7 Å². The van der Waals surface area contributed by atoms with Crippen LogP contribution >= 0.6 is 0 Å². The van der Waals surface area contributed by atoms with E-state index in [1.807, 2.05) is 43.3 Å². The summed E-state index contributed by atoms with van der Waals surface area (Å²) in [5, 5.41) is 9.25. The highest BCUT2D eigenvalue weighted by molar-refractivity contribution is 6.39. The van der Waals surface area contributed by atoms with Crippen molar-refractivity contribution in [1.82, 2.24) is 20.1 Å². The van der Waals surface area contributed by atoms with Crippen molar-refractivity contribution in [2.75, 3.05) is 5.32 Å². The van der Waals surface area contributed by atoms with Gasteiger partial charge in [-0.15, -0.1) is 0 Å². The summed E-state index contributed by atoms with van der Waals surface area (Å²) in [6.45, 7) is 2.87. The fourth-order valence-corrected chi connectivity index (χ4v) is 2.35. The molecule has 0 radical (unpaired) electrons. The van der Waals surface area contributed by atoms with E-state index in [1.54, 1.807) is 23.1 Å². The van der Waals surface area contributed by atoms with Gasteiger partial charge in [0.25, 0.3) is 0 Å². The van der Waals surface area contributed by atoms with Crippen LogP contribution in [-0.4, -0.2) is 26.6 Å². The fourth-order valence-electron chi connectivity index (χ4n) is 2.35. The van der Waals surface area contributed by atoms with Crippen molar-refractivity contribution in [2.45, 2.75) is 20.0 Å². The molecule has 0 aliphatic rings. The minimum Gasteiger partial charge on any atom is -0.344 e. The monoisotopic (exact) mass is 349 g/mol. The van der Waals surface area contributed by atoms with E-state index in [-0.39, 0.29) is 6.54 Å². The molecule has 2 amide bonds. The van der Waals surface area contributed by atoms with Crippen LogP contribution < -0.4 is 10.6 Å². The molecule has 7 heteroatoms. The maximum Gasteiger partial charge on any atom is 0.313 e. The second-order valence-electron chi connectivity index (χ2n) is 5.91. The number of carbonyl (C=O) groups excluding carboxylic acids is 2. The second kappa shape index (κ2) is 8.06. The molecule has 1 heterocycles. The molecular formula is C19H19N5O2. The largest absolute Gasteiger partial charge is 0.344 e. The standard InChI is InChI=1S/C19H19N5O2/c1-14-2-8-17(9-3-14)23-19(26)18(25)21-10-15-4-6-16(7-5-15)11-24-13-20-12-22-24/h2-9,12-13H,10-11H2,1H3,(H,21,25)(H,23,26). The molecular weight excluding hydrogens is 330 g/mol. The maximum atomic E-state index is 11.9. The number of nitrogens with zero attached hydrogens (tertiary/aromatic N) is 3. The van der Waals surface area contributed by atoms with E-state index in [0.29, 0.717) is 12.2 Å². The SMILES string of the molecule is Cc1ccc(NC(=O)C(=O)NCc2ccc(Cn3cncn3)cc2)cc1. The van der Waals surface area contributed by atoms with Gasteiger partial charge in [0.15, 0.2) is 0 Å². The number of benzene rings is 2. The number of aromatic nitrogens is 3. The van der Waals surface area contributed by atoms with Gasteiger partial charge in [-0.3, -0.25) is 9.59 Å². The molecule has 0 spiro atoms. The van der Waals surface area contributed by atoms with Crippen molar-refractivity contribution in [2.24, 2.45) is 0 Å². The summed E-state index contributed by atoms with van der Waals surface area (Å²) in [4.78, 5) is 27.7. The molecule has 2 N–H and O–H groups in total. The van der Waals surface area contributed by atoms with Gasteiger partial charge in [0.1, 0.15) is 12.7 Å². The first kappa shape index (κ1) is 17.3. The van der Waals surface area contributed by atoms with Crippen LogP contribution in [0.1, 0.15) is 16.7 Å². The highest BCUT2D eigenvalue weighted by Gasteiger charge is 2.13. The zero-order valence-electron chi connectivity index (χ0n) is 14.3. The smallest absolute Gasteiger partial charge is 0.313 e. The van der Waals surface area contributed by atoms with E-state index in [9.17, 15) is 9.59 Å². The first-order valence-electron chi connectivity index (χ1n) is 8.16. The van der Waals surface area contributed by atoms with E-state index in [4.69, 9.17) is 0 Å². The normalized spacial score (nSPS) is 10.3. The number of rotatable bonds is 5. The van der Waals surface area contributed by atoms with E-state index in [2.05, 4.69) is 20.7 Å². The molecule has 3 rings (SSSR count). The third-order valence-electron chi connectivity index (χ3n) is 3.80. The molecule has 26 heavy (non-hydrogen) atoms. The summed E-state index contributed by atoms with van der Waals surface area (Å²) in [7, 11) is 0. The van der Waals surface area contributed by atoms with E-state index < -0.39 is 11.8 Å². The van der Waals surface area contributed by atoms with Gasteiger partial charge in [-0.2, -0.15) is 5.10 Å². The van der Waals surface area contributed by atoms with Crippen LogP contribution in [0.15, 0.2) is 61.2 Å². The number of amides is 2. The predicted octanol–water partition coefficient (Wildman–Crippen LogP) is 1.89. The van der Waals surface area contributed by atoms with E-state index >= 15 is 0 Å². The summed E-state index contributed by atoms with van der Waals surface area (Å²) >= 11 is 0. The highest BCUT2D eigenvalue weighted by Crippen LogP contribution is 2.08. The van der Waals surface area contributed by atoms with Crippen molar-refractivity contribution in [3.63, 3.8) is 0 Å². The number of anilines is 1. The molecule has 0 saturated heterocycles. The molecule has 0 saturated carbocycles. The average molecular weight is 349 g/mol. The van der Waals surface area contributed by atoms with Gasteiger partial charge in [-0.05, 0) is 30.2 Å². The third-order valence-corrected chi connectivity index (χ3v) is 3.80. The molecule has 132 valence electrons. The molecule has 0 aliphatic carbocycles. The first-order valence-corrected chi connectivity index (χ1v) is 8.16. The minimum absolute atomic E-state index is 0.282. The van der Waals surface area contributed by atoms with Crippen LogP contribution in [0.5, 0.6) is 0 Å². The highest BCUT2D eigenvalue weighted by atomic mass is 16.2. The Morgan fingerprint density at radius 3 is 2.31 bits per heavy atom. The second-order valence-corrected chi connectivity index (χ2v) is 5.91. The third kappa shape index (κ3) is 4.76. The Kier molecular flexibility index (Phi) is 5.38. The van der Waals surface area contributed by atoms with Gasteiger partial charge in [0.05, 0.1) is 6.54 Å². The number of carbonyl (C=O) groups is 2. The maximum absolute atomic E-state index is 11.9. The number of nitrogens with one attached hydrogen (secondary N) is 2. The fraction of sp³-hybridized carbons (Fsp3) is 0.158. The molecule has 0 bridgehead atoms. The van der Waals surface area contributed by atoms with E-state index in [1.165, 1.54) is 6.33 Å². The molecule has 0 fully saturated rings. The Hall–Kier alpha value is -3.48. The van der Waals surface area contributed by atoms with Crippen molar-refractivity contribution in [3.05, 3.63) is 77.9 Å². The van der Waals surface area contributed by atoms with Crippen molar-refractivity contribution in [1.29, 1.82) is 0 Å². The van der Waals surface area contributed by atoms with Gasteiger partial charge < -0.3 is 10.6 Å². The van der Waals surface area contributed by atoms with Crippen molar-refractivity contribution >= 4 is 17.5 Å². The Morgan fingerprint density at radius 2 is 1.65 bits per heavy atom. The van der Waals surface area contributed by atoms with Crippen molar-refractivity contribution < 1.29 is 9.59 Å². The average Bonchev–Trinajstić information content (AvgIpc) is 3.16. The first-order chi connectivity index (χ1) is 12.6. The number of hydrogen-bond acceptors (Lipinski definition) is 4. The minimum atomic E-state index is -0.684. The Bertz CT molecular complexity index is 871. The Labute approximate surface area is 151 Å². The van der Waals surface area contributed by atoms with Gasteiger partial charge >= 0.3 is 11.8 Å². The lowest BCUT2D eigenvalue weighted by atomic mass is 10.1. The molecule has 3 aromatic rings. The molecule has 7 nitrogen and oxygen atoms in total. The zero-order chi connectivity index (χ0) is 18.4. The summed E-state index contributed by atoms with van der Waals surface area (Å²) in [5.74, 6) is -1.35. The molecule has 0 atom stereocenters. The van der Waals surface area contributed by atoms with Crippen LogP contribution in [0.4, 0.5) is 5.69 Å². The van der Waals surface area contributed by atoms with Gasteiger partial charge in [-0.1, -0.05) is 42.0 Å². The van der Waals surface area contributed by atoms with Crippen molar-refractivity contribution in [3.8, 4) is 0 Å². The topological polar surface area (TPSA) is 88.9 Å². The van der Waals surface area contributed by atoms with Gasteiger partial charge in [0, 0.05) is 12.2 Å². The predicted molar refractivity (Wildman–Crippen MR) is 97.2 cm³/mol. The summed E-state index contributed by atoms with van der Waals surface area (Å²) in [5.41, 5.74) is 3.65. The van der Waals surface area contributed by atoms with Crippen LogP contribution in [-0.2, 0) is 22.7 Å². The molecule has 0 aliphatic heterocycles. The number of hydrogen-bond donors (Lipinski definition) is 2. The molecule has 2 aromatic carbocycles.